The van der Waals surface area contributed by atoms with Crippen LogP contribution in [-0.4, -0.2) is 26.2 Å². The second kappa shape index (κ2) is 8.65. The second-order valence-corrected chi connectivity index (χ2v) is 7.83. The lowest BCUT2D eigenvalue weighted by Crippen LogP contribution is -2.26. The minimum absolute atomic E-state index is 0.000570. The third-order valence-corrected chi connectivity index (χ3v) is 5.78. The number of thioether (sulfide) groups is 1. The lowest BCUT2D eigenvalue weighted by molar-refractivity contribution is -0.113. The predicted molar refractivity (Wildman–Crippen MR) is 115 cm³/mol. The molecule has 0 radical (unpaired) electrons. The molecule has 2 N–H and O–H groups in total. The van der Waals surface area contributed by atoms with Crippen LogP contribution in [0.1, 0.15) is 44.5 Å². The summed E-state index contributed by atoms with van der Waals surface area (Å²) in [6.07, 6.45) is 1.65. The van der Waals surface area contributed by atoms with Crippen LogP contribution in [0.5, 0.6) is 0 Å². The average molecular weight is 399 g/mol. The van der Waals surface area contributed by atoms with Crippen molar-refractivity contribution in [1.82, 2.24) is 14.5 Å². The van der Waals surface area contributed by atoms with Crippen LogP contribution in [0.25, 0.3) is 11.0 Å². The van der Waals surface area contributed by atoms with Gasteiger partial charge in [-0.3, -0.25) is 14.2 Å². The first-order valence-corrected chi connectivity index (χ1v) is 10.6. The Bertz CT molecular complexity index is 1050. The maximum Gasteiger partial charge on any atom is 0.278 e. The zero-order valence-electron chi connectivity index (χ0n) is 16.7. The Morgan fingerprint density at radius 2 is 2.07 bits per heavy atom. The number of nitrogens with zero attached hydrogens (tertiary/aromatic N) is 2. The fraction of sp³-hybridized carbons (Fsp3) is 0.381. The smallest absolute Gasteiger partial charge is 0.278 e. The van der Waals surface area contributed by atoms with Crippen molar-refractivity contribution in [3.8, 4) is 0 Å². The van der Waals surface area contributed by atoms with Crippen molar-refractivity contribution in [1.29, 1.82) is 0 Å². The zero-order chi connectivity index (χ0) is 20.3. The Labute approximate surface area is 168 Å². The lowest BCUT2D eigenvalue weighted by atomic mass is 10.1. The van der Waals surface area contributed by atoms with Gasteiger partial charge >= 0.3 is 0 Å². The summed E-state index contributed by atoms with van der Waals surface area (Å²) in [6.45, 7) is 7.99. The Balaban J connectivity index is 1.85. The summed E-state index contributed by atoms with van der Waals surface area (Å²) in [7, 11) is 0. The van der Waals surface area contributed by atoms with E-state index in [9.17, 15) is 9.59 Å². The van der Waals surface area contributed by atoms with Crippen molar-refractivity contribution in [2.45, 2.75) is 51.7 Å². The number of hydrogen-bond acceptors (Lipinski definition) is 4. The number of carbonyl (C=O) groups is 1. The number of amides is 1. The average Bonchev–Trinajstić information content (AvgIpc) is 3.07. The van der Waals surface area contributed by atoms with Crippen molar-refractivity contribution >= 4 is 34.4 Å². The molecule has 0 saturated carbocycles. The number of carbonyl (C=O) groups excluding carboxylic acids is 1. The summed E-state index contributed by atoms with van der Waals surface area (Å²) in [4.78, 5) is 33.2. The summed E-state index contributed by atoms with van der Waals surface area (Å²) >= 11 is 1.30. The molecule has 3 rings (SSSR count). The first kappa shape index (κ1) is 20.2. The predicted octanol–water partition coefficient (Wildman–Crippen LogP) is 4.30. The summed E-state index contributed by atoms with van der Waals surface area (Å²) in [6, 6.07) is 9.65. The molecule has 1 atom stereocenters. The highest BCUT2D eigenvalue weighted by atomic mass is 32.2. The van der Waals surface area contributed by atoms with Crippen LogP contribution in [0.15, 0.2) is 40.3 Å². The first-order chi connectivity index (χ1) is 13.4. The normalized spacial score (nSPS) is 12.3. The van der Waals surface area contributed by atoms with Gasteiger partial charge in [-0.15, -0.1) is 0 Å². The fourth-order valence-corrected chi connectivity index (χ4v) is 4.03. The Morgan fingerprint density at radius 3 is 2.79 bits per heavy atom. The fourth-order valence-electron chi connectivity index (χ4n) is 3.13. The van der Waals surface area contributed by atoms with Crippen LogP contribution in [0.4, 0.5) is 5.69 Å². The van der Waals surface area contributed by atoms with Crippen molar-refractivity contribution in [3.05, 3.63) is 51.9 Å². The van der Waals surface area contributed by atoms with Crippen LogP contribution in [0.2, 0.25) is 0 Å². The van der Waals surface area contributed by atoms with E-state index in [4.69, 9.17) is 0 Å². The summed E-state index contributed by atoms with van der Waals surface area (Å²) in [5, 5.41) is 3.54. The van der Waals surface area contributed by atoms with Crippen LogP contribution in [0, 0.1) is 6.92 Å². The molecule has 148 valence electrons. The molecule has 2 aromatic heterocycles. The molecule has 0 spiro atoms. The molecule has 0 aliphatic carbocycles. The van der Waals surface area contributed by atoms with Gasteiger partial charge in [0.05, 0.1) is 11.3 Å². The van der Waals surface area contributed by atoms with E-state index in [0.717, 1.165) is 29.8 Å². The molecule has 3 aromatic rings. The molecule has 2 heterocycles. The maximum absolute atomic E-state index is 13.0. The van der Waals surface area contributed by atoms with Crippen LogP contribution in [-0.2, 0) is 11.2 Å². The van der Waals surface area contributed by atoms with E-state index in [1.807, 2.05) is 51.1 Å². The van der Waals surface area contributed by atoms with Gasteiger partial charge in [0.2, 0.25) is 5.91 Å². The maximum atomic E-state index is 13.0. The molecular formula is C21H26N4O2S. The van der Waals surface area contributed by atoms with Crippen molar-refractivity contribution in [3.63, 3.8) is 0 Å². The Morgan fingerprint density at radius 1 is 1.32 bits per heavy atom. The number of aromatic amines is 1. The lowest BCUT2D eigenvalue weighted by Gasteiger charge is -2.17. The van der Waals surface area contributed by atoms with Crippen LogP contribution >= 0.6 is 11.8 Å². The molecule has 0 aliphatic heterocycles. The van der Waals surface area contributed by atoms with Gasteiger partial charge in [0.1, 0.15) is 5.52 Å². The van der Waals surface area contributed by atoms with Gasteiger partial charge in [-0.05, 0) is 44.4 Å². The number of para-hydroxylation sites is 1. The van der Waals surface area contributed by atoms with Crippen LogP contribution in [0.3, 0.4) is 0 Å². The second-order valence-electron chi connectivity index (χ2n) is 6.89. The van der Waals surface area contributed by atoms with E-state index in [1.54, 1.807) is 4.57 Å². The highest BCUT2D eigenvalue weighted by molar-refractivity contribution is 7.99. The van der Waals surface area contributed by atoms with E-state index >= 15 is 0 Å². The van der Waals surface area contributed by atoms with Gasteiger partial charge < -0.3 is 10.3 Å². The molecule has 0 unspecified atom stereocenters. The molecule has 1 amide bonds. The number of fused-ring (bicyclic) bond motifs is 1. The summed E-state index contributed by atoms with van der Waals surface area (Å²) in [5.74, 6) is 0.0803. The minimum atomic E-state index is -0.110. The van der Waals surface area contributed by atoms with Crippen LogP contribution < -0.4 is 10.9 Å². The molecule has 0 bridgehead atoms. The first-order valence-electron chi connectivity index (χ1n) is 9.57. The van der Waals surface area contributed by atoms with Gasteiger partial charge in [0.15, 0.2) is 5.16 Å². The SMILES string of the molecule is CCc1ccccc1NC(=O)CSc1nc2cc(C)[nH]c2c(=O)n1[C@@H](C)CC. The number of rotatable bonds is 7. The molecule has 1 aromatic carbocycles. The molecule has 0 saturated heterocycles. The molecule has 28 heavy (non-hydrogen) atoms. The van der Waals surface area contributed by atoms with E-state index in [-0.39, 0.29) is 23.3 Å². The topological polar surface area (TPSA) is 79.8 Å². The van der Waals surface area contributed by atoms with Crippen molar-refractivity contribution < 1.29 is 4.79 Å². The monoisotopic (exact) mass is 398 g/mol. The minimum Gasteiger partial charge on any atom is -0.353 e. The number of nitrogens with one attached hydrogen (secondary N) is 2. The third-order valence-electron chi connectivity index (χ3n) is 4.82. The third kappa shape index (κ3) is 4.14. The van der Waals surface area contributed by atoms with Crippen molar-refractivity contribution in [2.75, 3.05) is 11.1 Å². The summed E-state index contributed by atoms with van der Waals surface area (Å²) in [5.41, 5.74) is 3.89. The van der Waals surface area contributed by atoms with Gasteiger partial charge in [0.25, 0.3) is 5.56 Å². The molecule has 7 heteroatoms. The van der Waals surface area contributed by atoms with E-state index < -0.39 is 0 Å². The zero-order valence-corrected chi connectivity index (χ0v) is 17.5. The molecular weight excluding hydrogens is 372 g/mol. The number of aryl methyl sites for hydroxylation is 2. The van der Waals surface area contributed by atoms with E-state index in [2.05, 4.69) is 22.2 Å². The van der Waals surface area contributed by atoms with E-state index in [1.165, 1.54) is 11.8 Å². The highest BCUT2D eigenvalue weighted by Gasteiger charge is 2.18. The standard InChI is InChI=1S/C21H26N4O2S/c1-5-14(4)25-20(27)19-17(11-13(3)22-19)24-21(25)28-12-18(26)23-16-10-8-7-9-15(16)6-2/h7-11,14,22H,5-6,12H2,1-4H3,(H,23,26)/t14-/m0/s1. The van der Waals surface area contributed by atoms with Gasteiger partial charge in [-0.1, -0.05) is 43.8 Å². The largest absolute Gasteiger partial charge is 0.353 e. The summed E-state index contributed by atoms with van der Waals surface area (Å²) < 4.78 is 1.69. The number of benzene rings is 1. The number of hydrogen-bond donors (Lipinski definition) is 2. The Kier molecular flexibility index (Phi) is 6.24. The highest BCUT2D eigenvalue weighted by Crippen LogP contribution is 2.23. The van der Waals surface area contributed by atoms with Gasteiger partial charge in [-0.25, -0.2) is 4.98 Å². The molecule has 6 nitrogen and oxygen atoms in total. The van der Waals surface area contributed by atoms with Gasteiger partial charge in [-0.2, -0.15) is 0 Å². The quantitative estimate of drug-likeness (QED) is 0.459. The number of anilines is 1. The number of aromatic nitrogens is 3. The number of H-pyrrole nitrogens is 1. The van der Waals surface area contributed by atoms with Gasteiger partial charge in [0, 0.05) is 17.4 Å². The van der Waals surface area contributed by atoms with E-state index in [0.29, 0.717) is 16.2 Å². The molecule has 0 aliphatic rings. The molecule has 0 fully saturated rings. The Hall–Kier alpha value is -2.54. The van der Waals surface area contributed by atoms with Crippen molar-refractivity contribution in [2.24, 2.45) is 0 Å².